The Morgan fingerprint density at radius 1 is 1.73 bits per heavy atom. The minimum absolute atomic E-state index is 0.509. The highest BCUT2D eigenvalue weighted by molar-refractivity contribution is 5.99. The summed E-state index contributed by atoms with van der Waals surface area (Å²) in [5, 5.41) is 11.1. The minimum atomic E-state index is 0.509. The Kier molecular flexibility index (Phi) is 4.84. The maximum absolute atomic E-state index is 8.56. The van der Waals surface area contributed by atoms with E-state index < -0.39 is 0 Å². The summed E-state index contributed by atoms with van der Waals surface area (Å²) < 4.78 is 4.87. The molecule has 0 aliphatic rings. The molecule has 1 aromatic rings. The van der Waals surface area contributed by atoms with Gasteiger partial charge < -0.3 is 4.74 Å². The van der Waals surface area contributed by atoms with Crippen molar-refractivity contribution in [1.82, 2.24) is 10.3 Å². The van der Waals surface area contributed by atoms with Gasteiger partial charge in [-0.25, -0.2) is 0 Å². The molecule has 1 aromatic heterocycles. The zero-order chi connectivity index (χ0) is 10.9. The summed E-state index contributed by atoms with van der Waals surface area (Å²) in [6.07, 6.45) is 5.16. The molecule has 0 saturated heterocycles. The number of aromatic nitrogens is 1. The number of nitrogens with zero attached hydrogens (tertiary/aromatic N) is 3. The summed E-state index contributed by atoms with van der Waals surface area (Å²) in [5.74, 6) is 0.516. The second kappa shape index (κ2) is 6.51. The molecule has 0 aliphatic carbocycles. The normalized spacial score (nSPS) is 10.8. The molecule has 0 amide bonds. The van der Waals surface area contributed by atoms with Crippen molar-refractivity contribution in [2.45, 2.75) is 0 Å². The second-order valence-corrected chi connectivity index (χ2v) is 2.70. The van der Waals surface area contributed by atoms with E-state index in [-0.39, 0.29) is 0 Å². The molecule has 0 spiro atoms. The van der Waals surface area contributed by atoms with E-state index in [4.69, 9.17) is 10.00 Å². The standard InChI is InChI=1S/C10H12N4O/c1-15-6-5-13-10(14-8-11)9-3-2-4-12-7-9/h2-4,7H,5-6H2,1H3,(H,13,14). The number of rotatable bonds is 4. The molecular formula is C10H12N4O. The quantitative estimate of drug-likeness (QED) is 0.255. The van der Waals surface area contributed by atoms with E-state index >= 15 is 0 Å². The SMILES string of the molecule is COCCN=C(NC#N)c1cccnc1. The lowest BCUT2D eigenvalue weighted by molar-refractivity contribution is 0.208. The van der Waals surface area contributed by atoms with Gasteiger partial charge in [0.2, 0.25) is 0 Å². The van der Waals surface area contributed by atoms with Gasteiger partial charge in [0.25, 0.3) is 0 Å². The molecule has 1 rings (SSSR count). The molecule has 0 aromatic carbocycles. The average molecular weight is 204 g/mol. The molecule has 0 atom stereocenters. The fourth-order valence-electron chi connectivity index (χ4n) is 1.01. The Labute approximate surface area is 88.4 Å². The zero-order valence-electron chi connectivity index (χ0n) is 8.47. The summed E-state index contributed by atoms with van der Waals surface area (Å²) in [6.45, 7) is 1.03. The zero-order valence-corrected chi connectivity index (χ0v) is 8.47. The first-order valence-electron chi connectivity index (χ1n) is 4.47. The number of methoxy groups -OCH3 is 1. The monoisotopic (exact) mass is 204 g/mol. The predicted octanol–water partition coefficient (Wildman–Crippen LogP) is 0.545. The third-order valence-electron chi connectivity index (χ3n) is 1.67. The van der Waals surface area contributed by atoms with Gasteiger partial charge in [0.05, 0.1) is 13.2 Å². The van der Waals surface area contributed by atoms with Gasteiger partial charge in [-0.2, -0.15) is 5.26 Å². The number of hydrogen-bond donors (Lipinski definition) is 1. The summed E-state index contributed by atoms with van der Waals surface area (Å²) in [7, 11) is 1.61. The molecule has 15 heavy (non-hydrogen) atoms. The van der Waals surface area contributed by atoms with Gasteiger partial charge in [-0.1, -0.05) is 0 Å². The molecule has 78 valence electrons. The molecule has 0 unspecified atom stereocenters. The Hall–Kier alpha value is -1.93. The summed E-state index contributed by atoms with van der Waals surface area (Å²) in [6, 6.07) is 3.63. The van der Waals surface area contributed by atoms with Crippen LogP contribution in [0.25, 0.3) is 0 Å². The van der Waals surface area contributed by atoms with E-state index in [1.807, 2.05) is 12.3 Å². The number of nitrogens with one attached hydrogen (secondary N) is 1. The molecule has 1 heterocycles. The fraction of sp³-hybridized carbons (Fsp3) is 0.300. The van der Waals surface area contributed by atoms with Crippen molar-refractivity contribution >= 4 is 5.84 Å². The van der Waals surface area contributed by atoms with Crippen LogP contribution in [0.2, 0.25) is 0 Å². The molecule has 5 heteroatoms. The Morgan fingerprint density at radius 2 is 2.60 bits per heavy atom. The summed E-state index contributed by atoms with van der Waals surface area (Å²) in [5.41, 5.74) is 0.787. The first kappa shape index (κ1) is 11.1. The maximum Gasteiger partial charge on any atom is 0.182 e. The highest BCUT2D eigenvalue weighted by Gasteiger charge is 2.00. The van der Waals surface area contributed by atoms with Crippen LogP contribution in [0.5, 0.6) is 0 Å². The van der Waals surface area contributed by atoms with Crippen molar-refractivity contribution in [3.05, 3.63) is 30.1 Å². The van der Waals surface area contributed by atoms with Gasteiger partial charge in [-0.15, -0.1) is 0 Å². The number of ether oxygens (including phenoxy) is 1. The number of nitriles is 1. The molecule has 0 radical (unpaired) electrons. The third kappa shape index (κ3) is 3.75. The largest absolute Gasteiger partial charge is 0.383 e. The van der Waals surface area contributed by atoms with Crippen LogP contribution in [0, 0.1) is 11.5 Å². The van der Waals surface area contributed by atoms with Crippen LogP contribution < -0.4 is 5.32 Å². The molecule has 0 aliphatic heterocycles. The Balaban J connectivity index is 2.75. The topological polar surface area (TPSA) is 70.3 Å². The van der Waals surface area contributed by atoms with Crippen molar-refractivity contribution in [2.24, 2.45) is 4.99 Å². The Bertz CT molecular complexity index is 355. The van der Waals surface area contributed by atoms with Crippen LogP contribution in [0.4, 0.5) is 0 Å². The first-order valence-corrected chi connectivity index (χ1v) is 4.47. The lowest BCUT2D eigenvalue weighted by Gasteiger charge is -2.03. The van der Waals surface area contributed by atoms with E-state index in [1.165, 1.54) is 0 Å². The van der Waals surface area contributed by atoms with Crippen molar-refractivity contribution in [1.29, 1.82) is 5.26 Å². The summed E-state index contributed by atoms with van der Waals surface area (Å²) in [4.78, 5) is 8.15. The van der Waals surface area contributed by atoms with Crippen LogP contribution in [-0.2, 0) is 4.74 Å². The number of hydrogen-bond acceptors (Lipinski definition) is 4. The molecule has 5 nitrogen and oxygen atoms in total. The second-order valence-electron chi connectivity index (χ2n) is 2.70. The predicted molar refractivity (Wildman–Crippen MR) is 56.3 cm³/mol. The van der Waals surface area contributed by atoms with Crippen LogP contribution in [0.1, 0.15) is 5.56 Å². The van der Waals surface area contributed by atoms with E-state index in [9.17, 15) is 0 Å². The highest BCUT2D eigenvalue weighted by atomic mass is 16.5. The van der Waals surface area contributed by atoms with E-state index in [0.29, 0.717) is 19.0 Å². The molecule has 0 saturated carbocycles. The van der Waals surface area contributed by atoms with Gasteiger partial charge in [0, 0.05) is 25.1 Å². The van der Waals surface area contributed by atoms with E-state index in [0.717, 1.165) is 5.56 Å². The summed E-state index contributed by atoms with van der Waals surface area (Å²) >= 11 is 0. The van der Waals surface area contributed by atoms with Crippen LogP contribution in [0.15, 0.2) is 29.5 Å². The highest BCUT2D eigenvalue weighted by Crippen LogP contribution is 1.96. The van der Waals surface area contributed by atoms with Crippen LogP contribution in [0.3, 0.4) is 0 Å². The molecule has 0 bridgehead atoms. The lowest BCUT2D eigenvalue weighted by Crippen LogP contribution is -2.20. The molecule has 1 N–H and O–H groups in total. The molecule has 0 fully saturated rings. The van der Waals surface area contributed by atoms with Crippen molar-refractivity contribution < 1.29 is 4.74 Å². The fourth-order valence-corrected chi connectivity index (χ4v) is 1.01. The smallest absolute Gasteiger partial charge is 0.182 e. The van der Waals surface area contributed by atoms with E-state index in [1.54, 1.807) is 25.6 Å². The van der Waals surface area contributed by atoms with Crippen molar-refractivity contribution in [3.8, 4) is 6.19 Å². The van der Waals surface area contributed by atoms with Gasteiger partial charge in [-0.3, -0.25) is 15.3 Å². The van der Waals surface area contributed by atoms with Gasteiger partial charge in [-0.05, 0) is 12.1 Å². The number of amidine groups is 1. The average Bonchev–Trinajstić information content (AvgIpc) is 2.29. The van der Waals surface area contributed by atoms with Crippen molar-refractivity contribution in [3.63, 3.8) is 0 Å². The third-order valence-corrected chi connectivity index (χ3v) is 1.67. The van der Waals surface area contributed by atoms with E-state index in [2.05, 4.69) is 15.3 Å². The van der Waals surface area contributed by atoms with Gasteiger partial charge in [0.15, 0.2) is 6.19 Å². The number of pyridine rings is 1. The van der Waals surface area contributed by atoms with Gasteiger partial charge >= 0.3 is 0 Å². The Morgan fingerprint density at radius 3 is 3.20 bits per heavy atom. The van der Waals surface area contributed by atoms with Crippen molar-refractivity contribution in [2.75, 3.05) is 20.3 Å². The van der Waals surface area contributed by atoms with Crippen LogP contribution >= 0.6 is 0 Å². The van der Waals surface area contributed by atoms with Gasteiger partial charge in [0.1, 0.15) is 5.84 Å². The first-order chi connectivity index (χ1) is 7.38. The lowest BCUT2D eigenvalue weighted by atomic mass is 10.2. The maximum atomic E-state index is 8.56. The molecular weight excluding hydrogens is 192 g/mol. The number of aliphatic imine (C=N–C) groups is 1. The minimum Gasteiger partial charge on any atom is -0.383 e. The van der Waals surface area contributed by atoms with Crippen LogP contribution in [-0.4, -0.2) is 31.1 Å².